The van der Waals surface area contributed by atoms with E-state index in [1.54, 1.807) is 0 Å². The summed E-state index contributed by atoms with van der Waals surface area (Å²) in [6, 6.07) is 10.5. The van der Waals surface area contributed by atoms with Crippen molar-refractivity contribution in [1.82, 2.24) is 15.1 Å². The van der Waals surface area contributed by atoms with E-state index in [-0.39, 0.29) is 18.1 Å². The lowest BCUT2D eigenvalue weighted by atomic mass is 10.0. The van der Waals surface area contributed by atoms with Gasteiger partial charge in [0, 0.05) is 12.6 Å². The van der Waals surface area contributed by atoms with Gasteiger partial charge < -0.3 is 9.80 Å². The lowest BCUT2D eigenvalue weighted by Crippen LogP contribution is -2.42. The predicted octanol–water partition coefficient (Wildman–Crippen LogP) is 2.09. The van der Waals surface area contributed by atoms with E-state index in [1.165, 1.54) is 0 Å². The number of benzene rings is 1. The molecule has 1 aliphatic rings. The van der Waals surface area contributed by atoms with Crippen LogP contribution in [0.25, 0.3) is 0 Å². The molecule has 0 aliphatic carbocycles. The zero-order valence-corrected chi connectivity index (χ0v) is 13.7. The molecule has 1 aliphatic heterocycles. The van der Waals surface area contributed by atoms with E-state index < -0.39 is 0 Å². The fourth-order valence-corrected chi connectivity index (χ4v) is 2.67. The molecule has 1 aromatic carbocycles. The summed E-state index contributed by atoms with van der Waals surface area (Å²) in [4.78, 5) is 16.9. The molecule has 1 N–H and O–H groups in total. The van der Waals surface area contributed by atoms with Gasteiger partial charge in [0.2, 0.25) is 5.91 Å². The summed E-state index contributed by atoms with van der Waals surface area (Å²) in [6.07, 6.45) is -0.0199. The molecule has 116 valence electrons. The van der Waals surface area contributed by atoms with E-state index in [0.717, 1.165) is 12.1 Å². The maximum Gasteiger partial charge on any atom is 0.241 e. The molecule has 0 spiro atoms. The van der Waals surface area contributed by atoms with Crippen molar-refractivity contribution in [2.24, 2.45) is 5.92 Å². The summed E-state index contributed by atoms with van der Waals surface area (Å²) in [5.74, 6) is 0.510. The largest absolute Gasteiger partial charge is 0.320 e. The Balaban J connectivity index is 2.25. The minimum atomic E-state index is -0.0930. The first-order valence-electron chi connectivity index (χ1n) is 7.69. The van der Waals surface area contributed by atoms with Crippen LogP contribution in [-0.4, -0.2) is 48.4 Å². The smallest absolute Gasteiger partial charge is 0.241 e. The fraction of sp³-hybridized carbons (Fsp3) is 0.588. The molecule has 1 amide bonds. The minimum Gasteiger partial charge on any atom is -0.320 e. The number of amides is 1. The Morgan fingerprint density at radius 2 is 1.81 bits per heavy atom. The number of nitrogens with zero attached hydrogens (tertiary/aromatic N) is 2. The number of carbonyl (C=O) groups is 1. The van der Waals surface area contributed by atoms with Crippen molar-refractivity contribution >= 4 is 5.91 Å². The van der Waals surface area contributed by atoms with Gasteiger partial charge in [-0.3, -0.25) is 10.1 Å². The highest BCUT2D eigenvalue weighted by molar-refractivity contribution is 5.84. The zero-order chi connectivity index (χ0) is 15.6. The molecule has 3 atom stereocenters. The van der Waals surface area contributed by atoms with Gasteiger partial charge in [0.1, 0.15) is 6.17 Å². The van der Waals surface area contributed by atoms with Gasteiger partial charge in [-0.2, -0.15) is 0 Å². The number of carbonyl (C=O) groups excluding carboxylic acids is 1. The second-order valence-electron chi connectivity index (χ2n) is 6.50. The van der Waals surface area contributed by atoms with Crippen molar-refractivity contribution in [2.75, 3.05) is 20.6 Å². The Morgan fingerprint density at radius 3 is 2.33 bits per heavy atom. The Kier molecular flexibility index (Phi) is 5.01. The van der Waals surface area contributed by atoms with E-state index in [2.05, 4.69) is 57.2 Å². The van der Waals surface area contributed by atoms with Gasteiger partial charge in [0.25, 0.3) is 0 Å². The molecule has 0 bridgehead atoms. The molecule has 0 aromatic heterocycles. The average molecular weight is 289 g/mol. The average Bonchev–Trinajstić information content (AvgIpc) is 2.77. The summed E-state index contributed by atoms with van der Waals surface area (Å²) in [6.45, 7) is 7.08. The summed E-state index contributed by atoms with van der Waals surface area (Å²) in [7, 11) is 4.10. The Bertz CT molecular complexity index is 472. The number of hydrogen-bond donors (Lipinski definition) is 1. The van der Waals surface area contributed by atoms with E-state index in [1.807, 2.05) is 23.1 Å². The summed E-state index contributed by atoms with van der Waals surface area (Å²) >= 11 is 0. The van der Waals surface area contributed by atoms with Crippen LogP contribution in [0, 0.1) is 5.92 Å². The highest BCUT2D eigenvalue weighted by atomic mass is 16.2. The highest BCUT2D eigenvalue weighted by Crippen LogP contribution is 2.28. The first kappa shape index (κ1) is 16.0. The van der Waals surface area contributed by atoms with Crippen molar-refractivity contribution in [3.63, 3.8) is 0 Å². The topological polar surface area (TPSA) is 35.6 Å². The Hall–Kier alpha value is -1.39. The molecule has 0 saturated carbocycles. The second kappa shape index (κ2) is 6.58. The first-order valence-corrected chi connectivity index (χ1v) is 7.69. The summed E-state index contributed by atoms with van der Waals surface area (Å²) in [5.41, 5.74) is 1.15. The van der Waals surface area contributed by atoms with Crippen LogP contribution in [0.15, 0.2) is 30.3 Å². The van der Waals surface area contributed by atoms with Gasteiger partial charge in [0.15, 0.2) is 0 Å². The van der Waals surface area contributed by atoms with Gasteiger partial charge in [-0.05, 0) is 32.5 Å². The van der Waals surface area contributed by atoms with Gasteiger partial charge >= 0.3 is 0 Å². The fourth-order valence-electron chi connectivity index (χ4n) is 2.67. The van der Waals surface area contributed by atoms with Crippen LogP contribution in [0.5, 0.6) is 0 Å². The van der Waals surface area contributed by atoms with Crippen LogP contribution in [0.1, 0.15) is 32.5 Å². The van der Waals surface area contributed by atoms with Crippen LogP contribution >= 0.6 is 0 Å². The number of likely N-dealkylation sites (N-methyl/N-ethyl adjacent to an activating group) is 1. The molecule has 0 radical (unpaired) electrons. The molecule has 4 nitrogen and oxygen atoms in total. The van der Waals surface area contributed by atoms with Gasteiger partial charge in [-0.25, -0.2) is 0 Å². The molecule has 4 heteroatoms. The monoisotopic (exact) mass is 289 g/mol. The molecule has 1 aromatic rings. The van der Waals surface area contributed by atoms with Crippen LogP contribution < -0.4 is 5.32 Å². The first-order chi connectivity index (χ1) is 9.91. The van der Waals surface area contributed by atoms with Crippen molar-refractivity contribution in [2.45, 2.75) is 39.0 Å². The molecule has 21 heavy (non-hydrogen) atoms. The quantitative estimate of drug-likeness (QED) is 0.901. The van der Waals surface area contributed by atoms with Crippen LogP contribution in [0.3, 0.4) is 0 Å². The van der Waals surface area contributed by atoms with E-state index in [9.17, 15) is 4.79 Å². The van der Waals surface area contributed by atoms with Crippen LogP contribution in [-0.2, 0) is 4.79 Å². The van der Waals surface area contributed by atoms with Crippen molar-refractivity contribution in [3.8, 4) is 0 Å². The minimum absolute atomic E-state index is 0.0199. The standard InChI is InChI=1S/C17H27N3O/c1-12(2)15-17(21)20(11-13(3)19(4)5)16(18-15)14-9-7-6-8-10-14/h6-10,12-13,15-16,18H,11H2,1-5H3. The van der Waals surface area contributed by atoms with E-state index >= 15 is 0 Å². The zero-order valence-electron chi connectivity index (χ0n) is 13.7. The maximum absolute atomic E-state index is 12.7. The van der Waals surface area contributed by atoms with Gasteiger partial charge in [-0.1, -0.05) is 44.2 Å². The molecule has 1 fully saturated rings. The normalized spacial score (nSPS) is 24.1. The lowest BCUT2D eigenvalue weighted by molar-refractivity contribution is -0.131. The number of rotatable bonds is 5. The van der Waals surface area contributed by atoms with Gasteiger partial charge in [0.05, 0.1) is 6.04 Å². The van der Waals surface area contributed by atoms with E-state index in [4.69, 9.17) is 0 Å². The molecule has 2 rings (SSSR count). The third-order valence-electron chi connectivity index (χ3n) is 4.32. The predicted molar refractivity (Wildman–Crippen MR) is 85.8 cm³/mol. The Labute approximate surface area is 128 Å². The third-order valence-corrected chi connectivity index (χ3v) is 4.32. The maximum atomic E-state index is 12.7. The molecule has 1 heterocycles. The van der Waals surface area contributed by atoms with Crippen molar-refractivity contribution in [1.29, 1.82) is 0 Å². The van der Waals surface area contributed by atoms with Gasteiger partial charge in [-0.15, -0.1) is 0 Å². The SMILES string of the molecule is CC(C)C1NC(c2ccccc2)N(CC(C)N(C)C)C1=O. The van der Waals surface area contributed by atoms with E-state index in [0.29, 0.717) is 12.0 Å². The lowest BCUT2D eigenvalue weighted by Gasteiger charge is -2.30. The number of nitrogens with one attached hydrogen (secondary N) is 1. The third kappa shape index (κ3) is 3.44. The van der Waals surface area contributed by atoms with Crippen LogP contribution in [0.2, 0.25) is 0 Å². The van der Waals surface area contributed by atoms with Crippen molar-refractivity contribution < 1.29 is 4.79 Å². The molecular weight excluding hydrogens is 262 g/mol. The molecular formula is C17H27N3O. The Morgan fingerprint density at radius 1 is 1.19 bits per heavy atom. The molecule has 1 saturated heterocycles. The number of hydrogen-bond acceptors (Lipinski definition) is 3. The highest BCUT2D eigenvalue weighted by Gasteiger charge is 2.41. The second-order valence-corrected chi connectivity index (χ2v) is 6.50. The molecule has 3 unspecified atom stereocenters. The van der Waals surface area contributed by atoms with Crippen LogP contribution in [0.4, 0.5) is 0 Å². The van der Waals surface area contributed by atoms with Crippen molar-refractivity contribution in [3.05, 3.63) is 35.9 Å². The summed E-state index contributed by atoms with van der Waals surface area (Å²) in [5, 5.41) is 3.51. The summed E-state index contributed by atoms with van der Waals surface area (Å²) < 4.78 is 0.